The highest BCUT2D eigenvalue weighted by molar-refractivity contribution is 7.90. The van der Waals surface area contributed by atoms with E-state index < -0.39 is 16.1 Å². The fraction of sp³-hybridized carbons (Fsp3) is 0.450. The molecule has 2 aromatic rings. The van der Waals surface area contributed by atoms with Gasteiger partial charge in [0, 0.05) is 18.2 Å². The Morgan fingerprint density at radius 1 is 1.28 bits per heavy atom. The summed E-state index contributed by atoms with van der Waals surface area (Å²) in [5.74, 6) is 0.903. The number of aromatic nitrogens is 1. The summed E-state index contributed by atoms with van der Waals surface area (Å²) in [7, 11) is -1.95. The molecule has 9 heteroatoms. The quantitative estimate of drug-likeness (QED) is 0.776. The number of benzene rings is 1. The number of nitrogens with one attached hydrogen (secondary N) is 1. The monoisotopic (exact) mass is 418 g/mol. The number of amidine groups is 1. The van der Waals surface area contributed by atoms with E-state index in [1.807, 2.05) is 27.7 Å². The Bertz CT molecular complexity index is 1040. The van der Waals surface area contributed by atoms with E-state index in [1.54, 1.807) is 30.1 Å². The molecule has 0 saturated heterocycles. The molecule has 2 heterocycles. The standard InChI is InChI=1S/C20H26N4O4S/c1-12(2)10-17(20(25)24(5)11-16-13(3)22-28-14(16)4)21-19-15-8-6-7-9-18(15)29(26,27)23-19/h6-9,12,17H,10-11H2,1-5H3,(H,21,23). The van der Waals surface area contributed by atoms with Crippen LogP contribution in [0.2, 0.25) is 0 Å². The Balaban J connectivity index is 1.91. The second kappa shape index (κ2) is 7.98. The summed E-state index contributed by atoms with van der Waals surface area (Å²) in [4.78, 5) is 19.5. The van der Waals surface area contributed by atoms with Crippen molar-refractivity contribution in [3.63, 3.8) is 0 Å². The number of fused-ring (bicyclic) bond motifs is 1. The fourth-order valence-electron chi connectivity index (χ4n) is 3.34. The van der Waals surface area contributed by atoms with Crippen LogP contribution in [0.15, 0.2) is 38.7 Å². The highest BCUT2D eigenvalue weighted by atomic mass is 32.2. The van der Waals surface area contributed by atoms with Crippen molar-refractivity contribution >= 4 is 21.8 Å². The van der Waals surface area contributed by atoms with Gasteiger partial charge < -0.3 is 9.42 Å². The van der Waals surface area contributed by atoms with E-state index in [0.717, 1.165) is 11.3 Å². The molecule has 1 aromatic carbocycles. The van der Waals surface area contributed by atoms with Gasteiger partial charge in [-0.05, 0) is 38.3 Å². The van der Waals surface area contributed by atoms with Gasteiger partial charge in [-0.3, -0.25) is 14.5 Å². The van der Waals surface area contributed by atoms with Crippen LogP contribution < -0.4 is 4.72 Å². The number of carbonyl (C=O) groups is 1. The van der Waals surface area contributed by atoms with E-state index in [2.05, 4.69) is 14.9 Å². The molecule has 3 rings (SSSR count). The summed E-state index contributed by atoms with van der Waals surface area (Å²) in [6.07, 6.45) is 0.498. The molecule has 1 aromatic heterocycles. The second-order valence-corrected chi connectivity index (χ2v) is 9.37. The number of hydrogen-bond donors (Lipinski definition) is 1. The Hall–Kier alpha value is -2.68. The van der Waals surface area contributed by atoms with Gasteiger partial charge in [-0.15, -0.1) is 0 Å². The molecule has 0 radical (unpaired) electrons. The third kappa shape index (κ3) is 4.34. The molecule has 8 nitrogen and oxygen atoms in total. The third-order valence-corrected chi connectivity index (χ3v) is 6.28. The average molecular weight is 419 g/mol. The first kappa shape index (κ1) is 21.0. The smallest absolute Gasteiger partial charge is 0.263 e. The van der Waals surface area contributed by atoms with Crippen molar-refractivity contribution in [1.29, 1.82) is 0 Å². The predicted octanol–water partition coefficient (Wildman–Crippen LogP) is 2.40. The molecule has 0 saturated carbocycles. The minimum absolute atomic E-state index is 0.179. The van der Waals surface area contributed by atoms with E-state index in [-0.39, 0.29) is 22.6 Å². The summed E-state index contributed by atoms with van der Waals surface area (Å²) in [5.41, 5.74) is 2.09. The Morgan fingerprint density at radius 2 is 1.97 bits per heavy atom. The number of carbonyl (C=O) groups excluding carboxylic acids is 1. The summed E-state index contributed by atoms with van der Waals surface area (Å²) in [6.45, 7) is 7.99. The highest BCUT2D eigenvalue weighted by Crippen LogP contribution is 2.24. The van der Waals surface area contributed by atoms with E-state index in [1.165, 1.54) is 6.07 Å². The molecular weight excluding hydrogens is 392 g/mol. The molecular formula is C20H26N4O4S. The van der Waals surface area contributed by atoms with Gasteiger partial charge in [0.05, 0.1) is 17.1 Å². The average Bonchev–Trinajstić information content (AvgIpc) is 3.10. The molecule has 1 N–H and O–H groups in total. The van der Waals surface area contributed by atoms with Gasteiger partial charge in [0.25, 0.3) is 10.0 Å². The van der Waals surface area contributed by atoms with Gasteiger partial charge in [0.15, 0.2) is 0 Å². The molecule has 0 bridgehead atoms. The summed E-state index contributed by atoms with van der Waals surface area (Å²) in [5, 5.41) is 3.93. The lowest BCUT2D eigenvalue weighted by Crippen LogP contribution is -2.37. The number of rotatable bonds is 6. The fourth-order valence-corrected chi connectivity index (χ4v) is 4.58. The first-order valence-corrected chi connectivity index (χ1v) is 10.9. The molecule has 29 heavy (non-hydrogen) atoms. The maximum Gasteiger partial charge on any atom is 0.263 e. The van der Waals surface area contributed by atoms with Gasteiger partial charge in [-0.25, -0.2) is 8.42 Å². The lowest BCUT2D eigenvalue weighted by molar-refractivity contribution is -0.132. The lowest BCUT2D eigenvalue weighted by atomic mass is 10.0. The topological polar surface area (TPSA) is 105 Å². The summed E-state index contributed by atoms with van der Waals surface area (Å²) in [6, 6.07) is 5.93. The predicted molar refractivity (Wildman–Crippen MR) is 109 cm³/mol. The first-order chi connectivity index (χ1) is 13.6. The second-order valence-electron chi connectivity index (χ2n) is 7.72. The number of sulfonamides is 1. The van der Waals surface area contributed by atoms with Crippen LogP contribution in [-0.4, -0.2) is 43.3 Å². The minimum Gasteiger partial charge on any atom is -0.361 e. The van der Waals surface area contributed by atoms with Crippen LogP contribution in [0.5, 0.6) is 0 Å². The van der Waals surface area contributed by atoms with Crippen molar-refractivity contribution in [2.24, 2.45) is 10.9 Å². The maximum absolute atomic E-state index is 13.2. The van der Waals surface area contributed by atoms with Crippen LogP contribution in [0.3, 0.4) is 0 Å². The Kier molecular flexibility index (Phi) is 5.79. The molecule has 1 amide bonds. The van der Waals surface area contributed by atoms with Crippen LogP contribution in [0.25, 0.3) is 0 Å². The van der Waals surface area contributed by atoms with Gasteiger partial charge in [0.1, 0.15) is 17.6 Å². The molecule has 0 spiro atoms. The zero-order valence-electron chi connectivity index (χ0n) is 17.3. The molecule has 1 aliphatic rings. The number of nitrogens with zero attached hydrogens (tertiary/aromatic N) is 3. The number of hydrogen-bond acceptors (Lipinski definition) is 6. The van der Waals surface area contributed by atoms with Crippen LogP contribution in [0.1, 0.15) is 42.8 Å². The van der Waals surface area contributed by atoms with Crippen molar-refractivity contribution < 1.29 is 17.7 Å². The lowest BCUT2D eigenvalue weighted by Gasteiger charge is -2.23. The van der Waals surface area contributed by atoms with Crippen molar-refractivity contribution in [3.05, 3.63) is 46.8 Å². The number of aliphatic imine (C=N–C) groups is 1. The normalized spacial score (nSPS) is 17.2. The molecule has 1 unspecified atom stereocenters. The van der Waals surface area contributed by atoms with E-state index >= 15 is 0 Å². The van der Waals surface area contributed by atoms with E-state index in [9.17, 15) is 13.2 Å². The number of amides is 1. The maximum atomic E-state index is 13.2. The summed E-state index contributed by atoms with van der Waals surface area (Å²) < 4.78 is 32.4. The van der Waals surface area contributed by atoms with Gasteiger partial charge >= 0.3 is 0 Å². The number of likely N-dealkylation sites (N-methyl/N-ethyl adjacent to an activating group) is 1. The zero-order valence-corrected chi connectivity index (χ0v) is 18.1. The third-order valence-electron chi connectivity index (χ3n) is 4.88. The highest BCUT2D eigenvalue weighted by Gasteiger charge is 2.32. The molecule has 1 aliphatic heterocycles. The Morgan fingerprint density at radius 3 is 2.59 bits per heavy atom. The van der Waals surface area contributed by atoms with E-state index in [4.69, 9.17) is 4.52 Å². The Labute approximate surface area is 171 Å². The van der Waals surface area contributed by atoms with Crippen molar-refractivity contribution in [3.8, 4) is 0 Å². The van der Waals surface area contributed by atoms with Gasteiger partial charge in [0.2, 0.25) is 5.91 Å². The SMILES string of the molecule is Cc1noc(C)c1CN(C)C(=O)C(CC(C)C)N=C1NS(=O)(=O)c2ccccc21. The molecule has 0 fully saturated rings. The molecule has 156 valence electrons. The minimum atomic E-state index is -3.65. The van der Waals surface area contributed by atoms with Gasteiger partial charge in [-0.1, -0.05) is 31.1 Å². The number of aryl methyl sites for hydroxylation is 2. The largest absolute Gasteiger partial charge is 0.361 e. The van der Waals surface area contributed by atoms with Crippen molar-refractivity contribution in [1.82, 2.24) is 14.8 Å². The van der Waals surface area contributed by atoms with Crippen LogP contribution in [-0.2, 0) is 21.4 Å². The summed E-state index contributed by atoms with van der Waals surface area (Å²) >= 11 is 0. The van der Waals surface area contributed by atoms with Crippen molar-refractivity contribution in [2.45, 2.75) is 51.6 Å². The van der Waals surface area contributed by atoms with Crippen molar-refractivity contribution in [2.75, 3.05) is 7.05 Å². The van der Waals surface area contributed by atoms with E-state index in [0.29, 0.717) is 24.3 Å². The zero-order chi connectivity index (χ0) is 21.3. The molecule has 0 aliphatic carbocycles. The van der Waals surface area contributed by atoms with Crippen LogP contribution >= 0.6 is 0 Å². The van der Waals surface area contributed by atoms with Crippen LogP contribution in [0, 0.1) is 19.8 Å². The van der Waals surface area contributed by atoms with Gasteiger partial charge in [-0.2, -0.15) is 0 Å². The molecule has 1 atom stereocenters. The van der Waals surface area contributed by atoms with Crippen LogP contribution in [0.4, 0.5) is 0 Å². The first-order valence-electron chi connectivity index (χ1n) is 9.47.